The van der Waals surface area contributed by atoms with Crippen LogP contribution in [0.5, 0.6) is 0 Å². The minimum absolute atomic E-state index is 0.0787. The minimum Gasteiger partial charge on any atom is -0.338 e. The normalized spacial score (nSPS) is 15.7. The van der Waals surface area contributed by atoms with Gasteiger partial charge in [0.2, 0.25) is 0 Å². The Hall–Kier alpha value is -2.25. The number of piperidine rings is 1. The molecule has 1 saturated heterocycles. The quantitative estimate of drug-likeness (QED) is 0.882. The van der Waals surface area contributed by atoms with Crippen LogP contribution in [0.15, 0.2) is 24.3 Å². The summed E-state index contributed by atoms with van der Waals surface area (Å²) in [6.45, 7) is 5.62. The van der Waals surface area contributed by atoms with Crippen molar-refractivity contribution in [1.82, 2.24) is 15.1 Å². The Morgan fingerprint density at radius 3 is 2.27 bits per heavy atom. The molecule has 1 aliphatic rings. The van der Waals surface area contributed by atoms with Crippen LogP contribution in [0.3, 0.4) is 0 Å². The van der Waals surface area contributed by atoms with Crippen LogP contribution in [-0.2, 0) is 6.18 Å². The molecule has 0 bridgehead atoms. The van der Waals surface area contributed by atoms with Gasteiger partial charge < -0.3 is 15.1 Å². The number of nitrogens with zero attached hydrogens (tertiary/aromatic N) is 2. The van der Waals surface area contributed by atoms with Gasteiger partial charge in [0.1, 0.15) is 0 Å². The summed E-state index contributed by atoms with van der Waals surface area (Å²) in [5.41, 5.74) is -1.24. The number of carbonyl (C=O) groups is 2. The first kappa shape index (κ1) is 20.1. The van der Waals surface area contributed by atoms with E-state index in [4.69, 9.17) is 0 Å². The summed E-state index contributed by atoms with van der Waals surface area (Å²) in [7, 11) is 0. The molecule has 1 aromatic carbocycles. The van der Waals surface area contributed by atoms with Gasteiger partial charge in [0.15, 0.2) is 0 Å². The number of rotatable bonds is 4. The zero-order valence-corrected chi connectivity index (χ0v) is 15.0. The van der Waals surface area contributed by atoms with Crippen molar-refractivity contribution in [2.24, 2.45) is 0 Å². The predicted octanol–water partition coefficient (Wildman–Crippen LogP) is 3.36. The highest BCUT2D eigenvalue weighted by Crippen LogP contribution is 2.32. The zero-order chi connectivity index (χ0) is 19.3. The third-order valence-electron chi connectivity index (χ3n) is 4.62. The number of urea groups is 1. The van der Waals surface area contributed by atoms with Crippen molar-refractivity contribution in [2.45, 2.75) is 38.9 Å². The Morgan fingerprint density at radius 2 is 1.73 bits per heavy atom. The van der Waals surface area contributed by atoms with Gasteiger partial charge in [-0.2, -0.15) is 13.2 Å². The van der Waals surface area contributed by atoms with Gasteiger partial charge in [-0.3, -0.25) is 4.79 Å². The van der Waals surface area contributed by atoms with Gasteiger partial charge in [-0.05, 0) is 38.8 Å². The molecule has 0 spiro atoms. The van der Waals surface area contributed by atoms with E-state index in [1.807, 2.05) is 13.8 Å². The van der Waals surface area contributed by atoms with Gasteiger partial charge in [-0.1, -0.05) is 12.1 Å². The highest BCUT2D eigenvalue weighted by molar-refractivity contribution is 5.96. The van der Waals surface area contributed by atoms with Crippen molar-refractivity contribution in [2.75, 3.05) is 26.2 Å². The van der Waals surface area contributed by atoms with Crippen LogP contribution in [0.2, 0.25) is 0 Å². The summed E-state index contributed by atoms with van der Waals surface area (Å²) in [5, 5.41) is 2.92. The number of alkyl halides is 3. The Balaban J connectivity index is 1.98. The number of hydrogen-bond acceptors (Lipinski definition) is 2. The number of benzene rings is 1. The van der Waals surface area contributed by atoms with Crippen molar-refractivity contribution < 1.29 is 22.8 Å². The van der Waals surface area contributed by atoms with E-state index in [9.17, 15) is 22.8 Å². The topological polar surface area (TPSA) is 52.7 Å². The second kappa shape index (κ2) is 8.42. The summed E-state index contributed by atoms with van der Waals surface area (Å²) in [6.07, 6.45) is -3.53. The molecule has 2 rings (SSSR count). The maximum absolute atomic E-state index is 13.1. The molecule has 144 valence electrons. The van der Waals surface area contributed by atoms with Crippen LogP contribution in [-0.4, -0.2) is 54.0 Å². The average molecular weight is 371 g/mol. The molecular weight excluding hydrogens is 347 g/mol. The molecule has 0 atom stereocenters. The van der Waals surface area contributed by atoms with E-state index in [1.165, 1.54) is 23.1 Å². The molecule has 0 saturated carbocycles. The van der Waals surface area contributed by atoms with Crippen molar-refractivity contribution in [1.29, 1.82) is 0 Å². The number of amides is 3. The maximum Gasteiger partial charge on any atom is 0.417 e. The molecule has 1 heterocycles. The van der Waals surface area contributed by atoms with Crippen molar-refractivity contribution in [3.8, 4) is 0 Å². The average Bonchev–Trinajstić information content (AvgIpc) is 2.62. The van der Waals surface area contributed by atoms with Gasteiger partial charge in [0.25, 0.3) is 5.91 Å². The van der Waals surface area contributed by atoms with Crippen molar-refractivity contribution in [3.63, 3.8) is 0 Å². The molecule has 1 aliphatic heterocycles. The van der Waals surface area contributed by atoms with Crippen molar-refractivity contribution >= 4 is 11.9 Å². The number of halogens is 3. The Kier molecular flexibility index (Phi) is 6.50. The molecule has 26 heavy (non-hydrogen) atoms. The van der Waals surface area contributed by atoms with E-state index in [0.717, 1.165) is 6.07 Å². The lowest BCUT2D eigenvalue weighted by Gasteiger charge is -2.34. The first-order valence-electron chi connectivity index (χ1n) is 8.78. The lowest BCUT2D eigenvalue weighted by atomic mass is 10.0. The largest absolute Gasteiger partial charge is 0.417 e. The number of hydrogen-bond donors (Lipinski definition) is 1. The smallest absolute Gasteiger partial charge is 0.338 e. The fourth-order valence-electron chi connectivity index (χ4n) is 3.09. The third-order valence-corrected chi connectivity index (χ3v) is 4.62. The fourth-order valence-corrected chi connectivity index (χ4v) is 3.09. The van der Waals surface area contributed by atoms with E-state index < -0.39 is 17.6 Å². The number of nitrogens with one attached hydrogen (secondary N) is 1. The summed E-state index contributed by atoms with van der Waals surface area (Å²) < 4.78 is 39.3. The van der Waals surface area contributed by atoms with Crippen molar-refractivity contribution in [3.05, 3.63) is 35.4 Å². The van der Waals surface area contributed by atoms with E-state index in [1.54, 1.807) is 4.90 Å². The summed E-state index contributed by atoms with van der Waals surface area (Å²) >= 11 is 0. The summed E-state index contributed by atoms with van der Waals surface area (Å²) in [6, 6.07) is 4.60. The highest BCUT2D eigenvalue weighted by Gasteiger charge is 2.36. The Morgan fingerprint density at radius 1 is 1.15 bits per heavy atom. The van der Waals surface area contributed by atoms with Gasteiger partial charge in [0, 0.05) is 32.2 Å². The van der Waals surface area contributed by atoms with Crippen LogP contribution < -0.4 is 5.32 Å². The lowest BCUT2D eigenvalue weighted by Crippen LogP contribution is -2.50. The monoisotopic (exact) mass is 371 g/mol. The lowest BCUT2D eigenvalue weighted by molar-refractivity contribution is -0.138. The Labute approximate surface area is 151 Å². The predicted molar refractivity (Wildman–Crippen MR) is 91.8 cm³/mol. The SMILES string of the molecule is CCN(CC)C(=O)NC1CCN(C(=O)c2ccccc2C(F)(F)F)CC1. The number of likely N-dealkylation sites (tertiary alicyclic amines) is 1. The van der Waals surface area contributed by atoms with Crippen LogP contribution in [0.4, 0.5) is 18.0 Å². The first-order valence-corrected chi connectivity index (χ1v) is 8.78. The molecule has 8 heteroatoms. The molecule has 0 radical (unpaired) electrons. The van der Waals surface area contributed by atoms with Gasteiger partial charge in [-0.15, -0.1) is 0 Å². The molecular formula is C18H24F3N3O2. The highest BCUT2D eigenvalue weighted by atomic mass is 19.4. The van der Waals surface area contributed by atoms with Crippen LogP contribution in [0, 0.1) is 0 Å². The molecule has 0 unspecified atom stereocenters. The molecule has 0 aromatic heterocycles. The molecule has 0 aliphatic carbocycles. The van der Waals surface area contributed by atoms with Gasteiger partial charge in [0.05, 0.1) is 11.1 Å². The van der Waals surface area contributed by atoms with Crippen LogP contribution >= 0.6 is 0 Å². The second-order valence-corrected chi connectivity index (χ2v) is 6.23. The fraction of sp³-hybridized carbons (Fsp3) is 0.556. The van der Waals surface area contributed by atoms with E-state index >= 15 is 0 Å². The molecule has 3 amide bonds. The Bertz CT molecular complexity index is 637. The summed E-state index contributed by atoms with van der Waals surface area (Å²) in [5.74, 6) is -0.619. The molecule has 1 fully saturated rings. The third kappa shape index (κ3) is 4.68. The summed E-state index contributed by atoms with van der Waals surface area (Å²) in [4.78, 5) is 27.7. The number of carbonyl (C=O) groups excluding carboxylic acids is 2. The minimum atomic E-state index is -4.57. The first-order chi connectivity index (χ1) is 12.3. The second-order valence-electron chi connectivity index (χ2n) is 6.23. The van der Waals surface area contributed by atoms with Gasteiger partial charge in [-0.25, -0.2) is 4.79 Å². The van der Waals surface area contributed by atoms with E-state index in [2.05, 4.69) is 5.32 Å². The standard InChI is InChI=1S/C18H24F3N3O2/c1-3-23(4-2)17(26)22-13-9-11-24(12-10-13)16(25)14-7-5-6-8-15(14)18(19,20)21/h5-8,13H,3-4,9-12H2,1-2H3,(H,22,26). The van der Waals surface area contributed by atoms with Crippen LogP contribution in [0.25, 0.3) is 0 Å². The van der Waals surface area contributed by atoms with Gasteiger partial charge >= 0.3 is 12.2 Å². The van der Waals surface area contributed by atoms with E-state index in [0.29, 0.717) is 39.0 Å². The van der Waals surface area contributed by atoms with Crippen LogP contribution in [0.1, 0.15) is 42.6 Å². The molecule has 5 nitrogen and oxygen atoms in total. The maximum atomic E-state index is 13.1. The molecule has 1 aromatic rings. The van der Waals surface area contributed by atoms with E-state index in [-0.39, 0.29) is 17.6 Å². The zero-order valence-electron chi connectivity index (χ0n) is 15.0. The molecule has 1 N–H and O–H groups in total.